The zero-order valence-electron chi connectivity index (χ0n) is 20.9. The zero-order valence-corrected chi connectivity index (χ0v) is 22.4. The molecule has 1 atom stereocenters. The van der Waals surface area contributed by atoms with Gasteiger partial charge in [-0.2, -0.15) is 0 Å². The number of halogens is 1. The molecule has 4 aromatic rings. The van der Waals surface area contributed by atoms with Gasteiger partial charge in [-0.15, -0.1) is 0 Å². The molecule has 5 rings (SSSR count). The maximum Gasteiger partial charge on any atom is 0.290 e. The lowest BCUT2D eigenvalue weighted by atomic mass is 9.94. The molecule has 0 fully saturated rings. The van der Waals surface area contributed by atoms with E-state index in [1.54, 1.807) is 60.7 Å². The van der Waals surface area contributed by atoms with Crippen LogP contribution in [0.3, 0.4) is 0 Å². The summed E-state index contributed by atoms with van der Waals surface area (Å²) in [5.41, 5.74) is 1.77. The number of hydrogen-bond acceptors (Lipinski definition) is 7. The molecule has 194 valence electrons. The van der Waals surface area contributed by atoms with Crippen LogP contribution in [-0.2, 0) is 11.3 Å². The Kier molecular flexibility index (Phi) is 6.86. The van der Waals surface area contributed by atoms with E-state index in [1.165, 1.54) is 26.2 Å². The van der Waals surface area contributed by atoms with Crippen molar-refractivity contribution in [1.29, 1.82) is 0 Å². The van der Waals surface area contributed by atoms with Crippen molar-refractivity contribution < 1.29 is 33.3 Å². The molecule has 0 saturated heterocycles. The van der Waals surface area contributed by atoms with Crippen LogP contribution in [0.2, 0.25) is 0 Å². The van der Waals surface area contributed by atoms with Gasteiger partial charge in [0.25, 0.3) is 5.91 Å². The molecule has 1 aromatic heterocycles. The number of ketones is 1. The zero-order chi connectivity index (χ0) is 27.0. The molecular formula is C29H24BrNO7. The molecule has 0 saturated carbocycles. The number of rotatable bonds is 8. The van der Waals surface area contributed by atoms with Crippen molar-refractivity contribution in [3.63, 3.8) is 0 Å². The summed E-state index contributed by atoms with van der Waals surface area (Å²) in [7, 11) is 4.60. The summed E-state index contributed by atoms with van der Waals surface area (Å²) < 4.78 is 22.8. The number of hydrogen-bond donors (Lipinski definition) is 1. The van der Waals surface area contributed by atoms with Gasteiger partial charge in [-0.1, -0.05) is 34.1 Å². The molecule has 3 aromatic carbocycles. The van der Waals surface area contributed by atoms with Crippen molar-refractivity contribution in [1.82, 2.24) is 4.90 Å². The molecule has 2 heterocycles. The highest BCUT2D eigenvalue weighted by atomic mass is 79.9. The van der Waals surface area contributed by atoms with E-state index in [1.807, 2.05) is 6.07 Å². The molecule has 0 spiro atoms. The van der Waals surface area contributed by atoms with Crippen molar-refractivity contribution in [2.75, 3.05) is 21.3 Å². The van der Waals surface area contributed by atoms with Crippen molar-refractivity contribution in [3.8, 4) is 17.2 Å². The fourth-order valence-electron chi connectivity index (χ4n) is 4.64. The number of aliphatic hydroxyl groups is 1. The highest BCUT2D eigenvalue weighted by Crippen LogP contribution is 2.42. The number of nitrogens with zero attached hydrogens (tertiary/aromatic N) is 1. The van der Waals surface area contributed by atoms with E-state index < -0.39 is 23.5 Å². The lowest BCUT2D eigenvalue weighted by Gasteiger charge is -2.27. The Balaban J connectivity index is 1.59. The standard InChI is InChI=1S/C29H24BrNO7/c1-35-20-6-4-5-17(13-20)26-25(27(32)24-14-18-12-19(30)8-10-21(18)38-24)28(33)29(34)31(26)15-16-7-9-22(36-2)23(11-16)37-3/h4-14,26,33H,15H2,1-3H3. The van der Waals surface area contributed by atoms with Gasteiger partial charge in [0, 0.05) is 16.4 Å². The Morgan fingerprint density at radius 1 is 0.974 bits per heavy atom. The molecule has 0 aliphatic carbocycles. The number of aliphatic hydroxyl groups excluding tert-OH is 1. The predicted octanol–water partition coefficient (Wildman–Crippen LogP) is 6.00. The van der Waals surface area contributed by atoms with Crippen molar-refractivity contribution in [2.45, 2.75) is 12.6 Å². The molecule has 1 aliphatic heterocycles. The van der Waals surface area contributed by atoms with Gasteiger partial charge < -0.3 is 28.6 Å². The fraction of sp³-hybridized carbons (Fsp3) is 0.172. The topological polar surface area (TPSA) is 98.4 Å². The third-order valence-electron chi connectivity index (χ3n) is 6.46. The average Bonchev–Trinajstić information content (AvgIpc) is 3.46. The van der Waals surface area contributed by atoms with Gasteiger partial charge >= 0.3 is 0 Å². The maximum atomic E-state index is 13.8. The van der Waals surface area contributed by atoms with E-state index in [0.29, 0.717) is 33.8 Å². The van der Waals surface area contributed by atoms with Crippen LogP contribution < -0.4 is 14.2 Å². The van der Waals surface area contributed by atoms with E-state index >= 15 is 0 Å². The molecule has 0 radical (unpaired) electrons. The monoisotopic (exact) mass is 577 g/mol. The molecule has 0 bridgehead atoms. The lowest BCUT2D eigenvalue weighted by molar-refractivity contribution is -0.130. The molecule has 1 N–H and O–H groups in total. The Hall–Kier alpha value is -4.24. The van der Waals surface area contributed by atoms with Gasteiger partial charge in [0.15, 0.2) is 23.0 Å². The number of fused-ring (bicyclic) bond motifs is 1. The van der Waals surface area contributed by atoms with Crippen LogP contribution in [0.1, 0.15) is 27.7 Å². The quantitative estimate of drug-likeness (QED) is 0.256. The molecule has 8 nitrogen and oxygen atoms in total. The molecular weight excluding hydrogens is 554 g/mol. The van der Waals surface area contributed by atoms with Crippen LogP contribution in [0.25, 0.3) is 11.0 Å². The first-order chi connectivity index (χ1) is 18.3. The largest absolute Gasteiger partial charge is 0.503 e. The first-order valence-corrected chi connectivity index (χ1v) is 12.5. The minimum atomic E-state index is -0.891. The van der Waals surface area contributed by atoms with Gasteiger partial charge in [0.2, 0.25) is 5.78 Å². The normalized spacial score (nSPS) is 15.3. The highest BCUT2D eigenvalue weighted by Gasteiger charge is 2.44. The predicted molar refractivity (Wildman–Crippen MR) is 144 cm³/mol. The number of carbonyl (C=O) groups is 2. The molecule has 1 amide bonds. The summed E-state index contributed by atoms with van der Waals surface area (Å²) >= 11 is 3.42. The van der Waals surface area contributed by atoms with E-state index in [0.717, 1.165) is 10.0 Å². The molecule has 38 heavy (non-hydrogen) atoms. The summed E-state index contributed by atoms with van der Waals surface area (Å²) in [4.78, 5) is 28.7. The van der Waals surface area contributed by atoms with Gasteiger partial charge in [0.05, 0.1) is 32.9 Å². The fourth-order valence-corrected chi connectivity index (χ4v) is 5.02. The second-order valence-electron chi connectivity index (χ2n) is 8.69. The molecule has 1 aliphatic rings. The Bertz CT molecular complexity index is 1590. The second kappa shape index (κ2) is 10.3. The van der Waals surface area contributed by atoms with Crippen LogP contribution in [0.4, 0.5) is 0 Å². The Morgan fingerprint density at radius 2 is 1.76 bits per heavy atom. The van der Waals surface area contributed by atoms with E-state index in [4.69, 9.17) is 18.6 Å². The summed E-state index contributed by atoms with van der Waals surface area (Å²) in [6, 6.07) is 18.4. The minimum absolute atomic E-state index is 0.0216. The number of Topliss-reactive ketones (excluding diaryl/α,β-unsaturated/α-hetero) is 1. The van der Waals surface area contributed by atoms with E-state index in [9.17, 15) is 14.7 Å². The summed E-state index contributed by atoms with van der Waals surface area (Å²) in [6.07, 6.45) is 0. The van der Waals surface area contributed by atoms with Gasteiger partial charge in [0.1, 0.15) is 11.3 Å². The Morgan fingerprint density at radius 3 is 2.50 bits per heavy atom. The number of amides is 1. The number of benzene rings is 3. The second-order valence-corrected chi connectivity index (χ2v) is 9.60. The summed E-state index contributed by atoms with van der Waals surface area (Å²) in [5, 5.41) is 11.8. The van der Waals surface area contributed by atoms with Gasteiger partial charge in [-0.3, -0.25) is 9.59 Å². The number of furan rings is 1. The third-order valence-corrected chi connectivity index (χ3v) is 6.95. The highest BCUT2D eigenvalue weighted by molar-refractivity contribution is 9.10. The summed E-state index contributed by atoms with van der Waals surface area (Å²) in [5.74, 6) is -0.259. The van der Waals surface area contributed by atoms with E-state index in [-0.39, 0.29) is 17.9 Å². The van der Waals surface area contributed by atoms with Gasteiger partial charge in [-0.05, 0) is 59.7 Å². The number of carbonyl (C=O) groups excluding carboxylic acids is 2. The third kappa shape index (κ3) is 4.50. The van der Waals surface area contributed by atoms with Crippen LogP contribution in [0, 0.1) is 0 Å². The average molecular weight is 578 g/mol. The number of ether oxygens (including phenoxy) is 3. The SMILES string of the molecule is COc1cccc(C2C(C(=O)c3cc4cc(Br)ccc4o3)=C(O)C(=O)N2Cc2ccc(OC)c(OC)c2)c1. The van der Waals surface area contributed by atoms with Crippen LogP contribution in [0.5, 0.6) is 17.2 Å². The lowest BCUT2D eigenvalue weighted by Crippen LogP contribution is -2.30. The molecule has 9 heteroatoms. The van der Waals surface area contributed by atoms with E-state index in [2.05, 4.69) is 15.9 Å². The van der Waals surface area contributed by atoms with Crippen molar-refractivity contribution in [2.24, 2.45) is 0 Å². The molecule has 1 unspecified atom stereocenters. The Labute approximate surface area is 227 Å². The summed E-state index contributed by atoms with van der Waals surface area (Å²) in [6.45, 7) is 0.0922. The van der Waals surface area contributed by atoms with Gasteiger partial charge in [-0.25, -0.2) is 0 Å². The maximum absolute atomic E-state index is 13.8. The first-order valence-electron chi connectivity index (χ1n) is 11.7. The van der Waals surface area contributed by atoms with Crippen molar-refractivity contribution in [3.05, 3.63) is 99.4 Å². The van der Waals surface area contributed by atoms with Crippen LogP contribution >= 0.6 is 15.9 Å². The smallest absolute Gasteiger partial charge is 0.290 e. The minimum Gasteiger partial charge on any atom is -0.503 e. The first kappa shape index (κ1) is 25.4. The van der Waals surface area contributed by atoms with Crippen LogP contribution in [0.15, 0.2) is 87.0 Å². The van der Waals surface area contributed by atoms with Crippen LogP contribution in [-0.4, -0.2) is 43.0 Å². The van der Waals surface area contributed by atoms with Crippen molar-refractivity contribution >= 4 is 38.6 Å². The number of methoxy groups -OCH3 is 3.